The van der Waals surface area contributed by atoms with Gasteiger partial charge in [-0.25, -0.2) is 4.98 Å². The average Bonchev–Trinajstić information content (AvgIpc) is 3.22. The minimum Gasteiger partial charge on any atom is -0.492 e. The molecule has 5 nitrogen and oxygen atoms in total. The second kappa shape index (κ2) is 5.40. The summed E-state index contributed by atoms with van der Waals surface area (Å²) in [7, 11) is 0. The molecule has 4 heterocycles. The van der Waals surface area contributed by atoms with Crippen molar-refractivity contribution in [2.24, 2.45) is 0 Å². The van der Waals surface area contributed by atoms with Crippen LogP contribution in [-0.2, 0) is 0 Å². The highest BCUT2D eigenvalue weighted by atomic mass is 32.1. The molecule has 1 N–H and O–H groups in total. The Morgan fingerprint density at radius 3 is 2.81 bits per heavy atom. The fourth-order valence-corrected chi connectivity index (χ4v) is 4.78. The van der Waals surface area contributed by atoms with Gasteiger partial charge >= 0.3 is 0 Å². The second-order valence-corrected chi connectivity index (χ2v) is 7.09. The molecule has 1 aliphatic heterocycles. The Bertz CT molecular complexity index is 727. The number of thiazole rings is 1. The van der Waals surface area contributed by atoms with E-state index >= 15 is 0 Å². The van der Waals surface area contributed by atoms with Gasteiger partial charge < -0.3 is 5.11 Å². The van der Waals surface area contributed by atoms with Crippen LogP contribution in [0.25, 0.3) is 4.96 Å². The predicted molar refractivity (Wildman–Crippen MR) is 84.1 cm³/mol. The highest BCUT2D eigenvalue weighted by Crippen LogP contribution is 2.41. The Balaban J connectivity index is 1.81. The minimum atomic E-state index is 0.116. The maximum atomic E-state index is 10.5. The smallest absolute Gasteiger partial charge is 0.230 e. The standard InChI is InChI=1S/C14H16N4OS2/c19-13-12(21-14-15-9-16-18(13)14)11(10-4-7-20-8-10)17-5-2-1-3-6-17/h4,7-9,11,19H,1-3,5-6H2/t11-/m1/s1. The van der Waals surface area contributed by atoms with E-state index in [2.05, 4.69) is 31.8 Å². The molecule has 1 saturated heterocycles. The van der Waals surface area contributed by atoms with Crippen molar-refractivity contribution in [1.29, 1.82) is 0 Å². The van der Waals surface area contributed by atoms with Gasteiger partial charge in [0.2, 0.25) is 10.8 Å². The highest BCUT2D eigenvalue weighted by molar-refractivity contribution is 7.17. The molecule has 4 rings (SSSR count). The number of nitrogens with zero attached hydrogens (tertiary/aromatic N) is 4. The summed E-state index contributed by atoms with van der Waals surface area (Å²) in [6, 6.07) is 2.27. The lowest BCUT2D eigenvalue weighted by molar-refractivity contribution is 0.187. The number of thiophene rings is 1. The summed E-state index contributed by atoms with van der Waals surface area (Å²) in [5.74, 6) is 0.231. The second-order valence-electron chi connectivity index (χ2n) is 5.30. The van der Waals surface area contributed by atoms with Crippen LogP contribution < -0.4 is 0 Å². The van der Waals surface area contributed by atoms with Crippen LogP contribution in [0.1, 0.15) is 35.7 Å². The van der Waals surface area contributed by atoms with Crippen molar-refractivity contribution in [2.75, 3.05) is 13.1 Å². The molecule has 3 aromatic rings. The normalized spacial score (nSPS) is 18.3. The number of aromatic nitrogens is 3. The van der Waals surface area contributed by atoms with E-state index in [1.54, 1.807) is 11.3 Å². The number of hydrogen-bond acceptors (Lipinski definition) is 6. The molecule has 0 spiro atoms. The number of aromatic hydroxyl groups is 1. The van der Waals surface area contributed by atoms with Crippen LogP contribution in [0, 0.1) is 0 Å². The lowest BCUT2D eigenvalue weighted by Gasteiger charge is -2.33. The zero-order chi connectivity index (χ0) is 14.2. The molecule has 1 fully saturated rings. The largest absolute Gasteiger partial charge is 0.492 e. The first kappa shape index (κ1) is 13.2. The van der Waals surface area contributed by atoms with E-state index in [1.165, 1.54) is 47.0 Å². The van der Waals surface area contributed by atoms with Gasteiger partial charge in [-0.1, -0.05) is 17.8 Å². The third-order valence-corrected chi connectivity index (χ3v) is 5.79. The van der Waals surface area contributed by atoms with Crippen molar-refractivity contribution in [3.05, 3.63) is 33.6 Å². The van der Waals surface area contributed by atoms with Crippen LogP contribution in [0.15, 0.2) is 23.2 Å². The molecule has 0 amide bonds. The van der Waals surface area contributed by atoms with E-state index in [9.17, 15) is 5.11 Å². The predicted octanol–water partition coefficient (Wildman–Crippen LogP) is 3.13. The third kappa shape index (κ3) is 2.25. The molecule has 0 bridgehead atoms. The molecule has 3 aromatic heterocycles. The summed E-state index contributed by atoms with van der Waals surface area (Å²) >= 11 is 3.23. The maximum Gasteiger partial charge on any atom is 0.230 e. The molecule has 0 radical (unpaired) electrons. The summed E-state index contributed by atoms with van der Waals surface area (Å²) < 4.78 is 1.53. The van der Waals surface area contributed by atoms with Crippen molar-refractivity contribution >= 4 is 27.6 Å². The molecule has 0 saturated carbocycles. The van der Waals surface area contributed by atoms with Gasteiger partial charge in [-0.05, 0) is 48.3 Å². The quantitative estimate of drug-likeness (QED) is 0.805. The number of hydrogen-bond donors (Lipinski definition) is 1. The molecule has 7 heteroatoms. The summed E-state index contributed by atoms with van der Waals surface area (Å²) in [4.78, 5) is 8.37. The van der Waals surface area contributed by atoms with Crippen LogP contribution in [0.5, 0.6) is 5.88 Å². The van der Waals surface area contributed by atoms with E-state index in [1.807, 2.05) is 0 Å². The molecule has 0 unspecified atom stereocenters. The first-order valence-electron chi connectivity index (χ1n) is 7.12. The summed E-state index contributed by atoms with van der Waals surface area (Å²) in [6.45, 7) is 2.15. The SMILES string of the molecule is Oc1c([C@@H](c2ccsc2)N2CCCCC2)sc2ncnn12. The van der Waals surface area contributed by atoms with Crippen molar-refractivity contribution in [2.45, 2.75) is 25.3 Å². The van der Waals surface area contributed by atoms with Crippen LogP contribution >= 0.6 is 22.7 Å². The van der Waals surface area contributed by atoms with Crippen molar-refractivity contribution in [1.82, 2.24) is 19.5 Å². The Hall–Kier alpha value is -1.44. The summed E-state index contributed by atoms with van der Waals surface area (Å²) in [6.07, 6.45) is 5.23. The van der Waals surface area contributed by atoms with Crippen LogP contribution in [0.4, 0.5) is 0 Å². The lowest BCUT2D eigenvalue weighted by Crippen LogP contribution is -2.33. The third-order valence-electron chi connectivity index (χ3n) is 4.00. The van der Waals surface area contributed by atoms with E-state index < -0.39 is 0 Å². The lowest BCUT2D eigenvalue weighted by atomic mass is 10.0. The van der Waals surface area contributed by atoms with Gasteiger partial charge in [0, 0.05) is 0 Å². The van der Waals surface area contributed by atoms with Crippen LogP contribution in [0.3, 0.4) is 0 Å². The molecule has 1 atom stereocenters. The fraction of sp³-hybridized carbons (Fsp3) is 0.429. The fourth-order valence-electron chi connectivity index (χ4n) is 3.01. The summed E-state index contributed by atoms with van der Waals surface area (Å²) in [5, 5.41) is 18.9. The first-order chi connectivity index (χ1) is 10.3. The molecule has 0 aliphatic carbocycles. The summed E-state index contributed by atoms with van der Waals surface area (Å²) in [5.41, 5.74) is 1.25. The van der Waals surface area contributed by atoms with Crippen molar-refractivity contribution in [3.63, 3.8) is 0 Å². The van der Waals surface area contributed by atoms with Gasteiger partial charge in [0.05, 0.1) is 10.9 Å². The monoisotopic (exact) mass is 320 g/mol. The van der Waals surface area contributed by atoms with Crippen LogP contribution in [0.2, 0.25) is 0 Å². The molecular weight excluding hydrogens is 304 g/mol. The Labute approximate surface area is 130 Å². The number of rotatable bonds is 3. The van der Waals surface area contributed by atoms with Gasteiger partial charge in [-0.15, -0.1) is 0 Å². The number of likely N-dealkylation sites (tertiary alicyclic amines) is 1. The van der Waals surface area contributed by atoms with Gasteiger partial charge in [0.15, 0.2) is 0 Å². The Morgan fingerprint density at radius 1 is 1.24 bits per heavy atom. The van der Waals surface area contributed by atoms with Crippen molar-refractivity contribution < 1.29 is 5.11 Å². The Kier molecular flexibility index (Phi) is 3.40. The molecule has 1 aliphatic rings. The van der Waals surface area contributed by atoms with Crippen molar-refractivity contribution in [3.8, 4) is 5.88 Å². The zero-order valence-electron chi connectivity index (χ0n) is 11.5. The zero-order valence-corrected chi connectivity index (χ0v) is 13.1. The van der Waals surface area contributed by atoms with Crippen LogP contribution in [-0.4, -0.2) is 37.7 Å². The Morgan fingerprint density at radius 2 is 2.10 bits per heavy atom. The first-order valence-corrected chi connectivity index (χ1v) is 8.88. The van der Waals surface area contributed by atoms with E-state index in [0.29, 0.717) is 0 Å². The molecule has 110 valence electrons. The van der Waals surface area contributed by atoms with Gasteiger partial charge in [-0.3, -0.25) is 4.90 Å². The molecule has 0 aromatic carbocycles. The topological polar surface area (TPSA) is 53.7 Å². The van der Waals surface area contributed by atoms with Gasteiger partial charge in [0.25, 0.3) is 0 Å². The van der Waals surface area contributed by atoms with E-state index in [0.717, 1.165) is 22.9 Å². The van der Waals surface area contributed by atoms with Gasteiger partial charge in [-0.2, -0.15) is 21.0 Å². The van der Waals surface area contributed by atoms with E-state index in [4.69, 9.17) is 0 Å². The maximum absolute atomic E-state index is 10.5. The highest BCUT2D eigenvalue weighted by Gasteiger charge is 2.30. The molecular formula is C14H16N4OS2. The average molecular weight is 320 g/mol. The van der Waals surface area contributed by atoms with E-state index in [-0.39, 0.29) is 11.9 Å². The number of fused-ring (bicyclic) bond motifs is 1. The minimum absolute atomic E-state index is 0.116. The number of piperidine rings is 1. The molecule has 21 heavy (non-hydrogen) atoms. The van der Waals surface area contributed by atoms with Gasteiger partial charge in [0.1, 0.15) is 6.33 Å².